The van der Waals surface area contributed by atoms with Gasteiger partial charge in [-0.2, -0.15) is 14.8 Å². The molecule has 0 unspecified atom stereocenters. The molecular weight excluding hydrogens is 349 g/mol. The van der Waals surface area contributed by atoms with E-state index in [-0.39, 0.29) is 29.3 Å². The maximum atomic E-state index is 13.5. The van der Waals surface area contributed by atoms with Crippen LogP contribution in [0.25, 0.3) is 17.2 Å². The van der Waals surface area contributed by atoms with Gasteiger partial charge in [-0.05, 0) is 12.1 Å². The minimum absolute atomic E-state index is 0.0619. The number of hydrogen-bond acceptors (Lipinski definition) is 5. The summed E-state index contributed by atoms with van der Waals surface area (Å²) in [4.78, 5) is 20.9. The Morgan fingerprint density at radius 3 is 2.74 bits per heavy atom. The molecule has 1 N–H and O–H groups in total. The summed E-state index contributed by atoms with van der Waals surface area (Å²) < 4.78 is 20.2. The van der Waals surface area contributed by atoms with Crippen LogP contribution in [0.15, 0.2) is 59.4 Å². The highest BCUT2D eigenvalue weighted by Gasteiger charge is 2.10. The zero-order valence-electron chi connectivity index (χ0n) is 13.9. The second kappa shape index (κ2) is 6.72. The monoisotopic (exact) mass is 361 g/mol. The van der Waals surface area contributed by atoms with Crippen molar-refractivity contribution in [1.82, 2.24) is 19.6 Å². The molecule has 4 aromatic rings. The highest BCUT2D eigenvalue weighted by atomic mass is 19.1. The predicted octanol–water partition coefficient (Wildman–Crippen LogP) is 2.67. The van der Waals surface area contributed by atoms with Gasteiger partial charge in [-0.3, -0.25) is 9.89 Å². The van der Waals surface area contributed by atoms with Crippen LogP contribution in [0, 0.1) is 17.1 Å². The van der Waals surface area contributed by atoms with Crippen molar-refractivity contribution in [3.8, 4) is 23.2 Å². The molecule has 2 aromatic heterocycles. The first-order valence-corrected chi connectivity index (χ1v) is 8.00. The van der Waals surface area contributed by atoms with Crippen LogP contribution >= 0.6 is 0 Å². The zero-order chi connectivity index (χ0) is 18.8. The number of aromatic amines is 1. The smallest absolute Gasteiger partial charge is 0.274 e. The van der Waals surface area contributed by atoms with E-state index in [0.717, 1.165) is 17.7 Å². The second-order valence-electron chi connectivity index (χ2n) is 5.74. The number of benzene rings is 2. The standard InChI is InChI=1S/C19H12FN5O2/c20-14-6-12(10-21)7-16(8-14)27-11-15-9-17(26)25-19(22-15)23-18(24-25)13-4-2-1-3-5-13/h1-9H,11H2,(H,22,23,24). The van der Waals surface area contributed by atoms with Crippen molar-refractivity contribution in [1.29, 1.82) is 5.26 Å². The Hall–Kier alpha value is -3.99. The summed E-state index contributed by atoms with van der Waals surface area (Å²) in [6.45, 7) is -0.0619. The summed E-state index contributed by atoms with van der Waals surface area (Å²) >= 11 is 0. The summed E-state index contributed by atoms with van der Waals surface area (Å²) in [5, 5.41) is 11.8. The SMILES string of the molecule is N#Cc1cc(F)cc(OCc2cc(=O)n3[nH]c(-c4ccccc4)nc3n2)c1. The Bertz CT molecular complexity index is 1220. The lowest BCUT2D eigenvalue weighted by atomic mass is 10.2. The normalized spacial score (nSPS) is 10.7. The van der Waals surface area contributed by atoms with Gasteiger partial charge in [0.1, 0.15) is 18.2 Å². The number of ether oxygens (including phenoxy) is 1. The van der Waals surface area contributed by atoms with Crippen molar-refractivity contribution in [2.75, 3.05) is 0 Å². The lowest BCUT2D eigenvalue weighted by Gasteiger charge is -2.06. The van der Waals surface area contributed by atoms with Gasteiger partial charge in [0.05, 0.1) is 17.3 Å². The molecule has 4 rings (SSSR count). The molecule has 0 radical (unpaired) electrons. The maximum absolute atomic E-state index is 13.5. The number of nitrogens with one attached hydrogen (secondary N) is 1. The number of nitriles is 1. The topological polar surface area (TPSA) is 96.1 Å². The third kappa shape index (κ3) is 3.39. The van der Waals surface area contributed by atoms with E-state index >= 15 is 0 Å². The molecule has 0 aliphatic heterocycles. The summed E-state index contributed by atoms with van der Waals surface area (Å²) in [5.74, 6) is 0.326. The fraction of sp³-hybridized carbons (Fsp3) is 0.0526. The van der Waals surface area contributed by atoms with E-state index in [2.05, 4.69) is 15.1 Å². The molecule has 0 fully saturated rings. The first kappa shape index (κ1) is 16.5. The molecule has 0 amide bonds. The van der Waals surface area contributed by atoms with E-state index in [1.807, 2.05) is 36.4 Å². The van der Waals surface area contributed by atoms with E-state index < -0.39 is 5.82 Å². The van der Waals surface area contributed by atoms with E-state index in [1.165, 1.54) is 16.6 Å². The lowest BCUT2D eigenvalue weighted by molar-refractivity contribution is 0.299. The summed E-state index contributed by atoms with van der Waals surface area (Å²) in [6.07, 6.45) is 0. The largest absolute Gasteiger partial charge is 0.487 e. The number of fused-ring (bicyclic) bond motifs is 1. The van der Waals surface area contributed by atoms with Gasteiger partial charge >= 0.3 is 0 Å². The fourth-order valence-corrected chi connectivity index (χ4v) is 2.59. The lowest BCUT2D eigenvalue weighted by Crippen LogP contribution is -2.16. The Morgan fingerprint density at radius 1 is 1.15 bits per heavy atom. The molecule has 132 valence electrons. The van der Waals surface area contributed by atoms with Gasteiger partial charge in [-0.1, -0.05) is 30.3 Å². The van der Waals surface area contributed by atoms with E-state index in [9.17, 15) is 9.18 Å². The third-order valence-corrected chi connectivity index (χ3v) is 3.82. The van der Waals surface area contributed by atoms with Crippen molar-refractivity contribution in [2.45, 2.75) is 6.61 Å². The predicted molar refractivity (Wildman–Crippen MR) is 94.5 cm³/mol. The first-order chi connectivity index (χ1) is 13.1. The average molecular weight is 361 g/mol. The van der Waals surface area contributed by atoms with Crippen LogP contribution in [-0.4, -0.2) is 19.6 Å². The number of hydrogen-bond donors (Lipinski definition) is 1. The van der Waals surface area contributed by atoms with Crippen LogP contribution in [-0.2, 0) is 6.61 Å². The van der Waals surface area contributed by atoms with Crippen molar-refractivity contribution < 1.29 is 9.13 Å². The van der Waals surface area contributed by atoms with E-state index in [0.29, 0.717) is 11.5 Å². The maximum Gasteiger partial charge on any atom is 0.274 e. The molecule has 7 nitrogen and oxygen atoms in total. The van der Waals surface area contributed by atoms with Gasteiger partial charge in [0.25, 0.3) is 11.3 Å². The highest BCUT2D eigenvalue weighted by molar-refractivity contribution is 5.56. The Balaban J connectivity index is 1.63. The molecule has 27 heavy (non-hydrogen) atoms. The molecule has 0 bridgehead atoms. The quantitative estimate of drug-likeness (QED) is 0.603. The van der Waals surface area contributed by atoms with Crippen LogP contribution in [0.5, 0.6) is 5.75 Å². The summed E-state index contributed by atoms with van der Waals surface area (Å²) in [5.41, 5.74) is 0.969. The molecule has 0 saturated heterocycles. The Morgan fingerprint density at radius 2 is 1.96 bits per heavy atom. The van der Waals surface area contributed by atoms with E-state index in [1.54, 1.807) is 0 Å². The number of rotatable bonds is 4. The van der Waals surface area contributed by atoms with Gasteiger partial charge in [0, 0.05) is 17.7 Å². The Labute approximate surface area is 152 Å². The molecule has 0 aliphatic carbocycles. The van der Waals surface area contributed by atoms with Gasteiger partial charge in [0.15, 0.2) is 5.82 Å². The minimum Gasteiger partial charge on any atom is -0.487 e. The zero-order valence-corrected chi connectivity index (χ0v) is 13.9. The molecule has 2 aromatic carbocycles. The van der Waals surface area contributed by atoms with Crippen LogP contribution in [0.3, 0.4) is 0 Å². The van der Waals surface area contributed by atoms with Crippen LogP contribution in [0.2, 0.25) is 0 Å². The molecule has 8 heteroatoms. The third-order valence-electron chi connectivity index (χ3n) is 3.82. The Kier molecular flexibility index (Phi) is 4.10. The van der Waals surface area contributed by atoms with Gasteiger partial charge < -0.3 is 4.74 Å². The summed E-state index contributed by atoms with van der Waals surface area (Å²) in [7, 11) is 0. The fourth-order valence-electron chi connectivity index (χ4n) is 2.59. The van der Waals surface area contributed by atoms with Gasteiger partial charge in [-0.25, -0.2) is 9.37 Å². The van der Waals surface area contributed by atoms with Crippen molar-refractivity contribution in [3.63, 3.8) is 0 Å². The van der Waals surface area contributed by atoms with Gasteiger partial charge in [0.2, 0.25) is 0 Å². The molecule has 2 heterocycles. The van der Waals surface area contributed by atoms with Gasteiger partial charge in [-0.15, -0.1) is 0 Å². The van der Waals surface area contributed by atoms with Crippen LogP contribution in [0.4, 0.5) is 4.39 Å². The molecule has 0 spiro atoms. The molecule has 0 saturated carbocycles. The average Bonchev–Trinajstić information content (AvgIpc) is 3.11. The van der Waals surface area contributed by atoms with Crippen molar-refractivity contribution >= 4 is 5.78 Å². The van der Waals surface area contributed by atoms with Crippen molar-refractivity contribution in [2.24, 2.45) is 0 Å². The summed E-state index contributed by atoms with van der Waals surface area (Å²) in [6, 6.07) is 16.2. The number of aromatic nitrogens is 4. The molecular formula is C19H12FN5O2. The first-order valence-electron chi connectivity index (χ1n) is 8.00. The van der Waals surface area contributed by atoms with Crippen LogP contribution < -0.4 is 10.3 Å². The van der Waals surface area contributed by atoms with E-state index in [4.69, 9.17) is 10.00 Å². The number of H-pyrrole nitrogens is 1. The molecule has 0 atom stereocenters. The highest BCUT2D eigenvalue weighted by Crippen LogP contribution is 2.17. The number of halogens is 1. The number of nitrogens with zero attached hydrogens (tertiary/aromatic N) is 4. The second-order valence-corrected chi connectivity index (χ2v) is 5.74. The minimum atomic E-state index is -0.577. The molecule has 0 aliphatic rings. The van der Waals surface area contributed by atoms with Crippen LogP contribution in [0.1, 0.15) is 11.3 Å². The van der Waals surface area contributed by atoms with Crippen molar-refractivity contribution in [3.05, 3.63) is 82.0 Å².